The highest BCUT2D eigenvalue weighted by atomic mass is 32.2. The van der Waals surface area contributed by atoms with Gasteiger partial charge >= 0.3 is 5.69 Å². The highest BCUT2D eigenvalue weighted by molar-refractivity contribution is 7.89. The van der Waals surface area contributed by atoms with Gasteiger partial charge in [-0.1, -0.05) is 0 Å². The number of benzene rings is 1. The van der Waals surface area contributed by atoms with Crippen molar-refractivity contribution in [2.24, 2.45) is 0 Å². The molecular formula is C14H17N5O5S. The van der Waals surface area contributed by atoms with Crippen LogP contribution in [0.4, 0.5) is 5.69 Å². The molecule has 0 saturated carbocycles. The van der Waals surface area contributed by atoms with Gasteiger partial charge in [0.1, 0.15) is 5.82 Å². The molecule has 3 rings (SSSR count). The molecule has 134 valence electrons. The average molecular weight is 367 g/mol. The van der Waals surface area contributed by atoms with Gasteiger partial charge in [-0.3, -0.25) is 15.1 Å². The van der Waals surface area contributed by atoms with E-state index in [1.807, 2.05) is 0 Å². The Hall–Kier alpha value is -2.53. The third kappa shape index (κ3) is 3.33. The van der Waals surface area contributed by atoms with E-state index in [4.69, 9.17) is 0 Å². The van der Waals surface area contributed by atoms with E-state index in [-0.39, 0.29) is 23.0 Å². The summed E-state index contributed by atoms with van der Waals surface area (Å²) in [6.07, 6.45) is 1.34. The number of nitro groups is 1. The van der Waals surface area contributed by atoms with Gasteiger partial charge in [-0.15, -0.1) is 0 Å². The first kappa shape index (κ1) is 17.3. The minimum atomic E-state index is -3.79. The predicted molar refractivity (Wildman–Crippen MR) is 87.8 cm³/mol. The zero-order valence-corrected chi connectivity index (χ0v) is 14.2. The highest BCUT2D eigenvalue weighted by Crippen LogP contribution is 2.30. The number of hydrogen-bond donors (Lipinski definition) is 2. The highest BCUT2D eigenvalue weighted by Gasteiger charge is 2.33. The second-order valence-corrected chi connectivity index (χ2v) is 7.88. The number of aromatic nitrogens is 3. The molecule has 0 unspecified atom stereocenters. The van der Waals surface area contributed by atoms with Gasteiger partial charge in [0.2, 0.25) is 10.0 Å². The number of nitrogens with one attached hydrogen (secondary N) is 2. The average Bonchev–Trinajstić information content (AvgIpc) is 3.01. The molecule has 1 aromatic carbocycles. The maximum Gasteiger partial charge on any atom is 0.340 e. The van der Waals surface area contributed by atoms with Crippen LogP contribution >= 0.6 is 0 Å². The summed E-state index contributed by atoms with van der Waals surface area (Å²) in [7, 11) is -3.79. The Labute approximate surface area is 143 Å². The van der Waals surface area contributed by atoms with E-state index < -0.39 is 20.6 Å². The molecule has 0 radical (unpaired) electrons. The van der Waals surface area contributed by atoms with Gasteiger partial charge in [-0.05, 0) is 31.4 Å². The molecule has 1 saturated heterocycles. The number of hydrogen-bond acceptors (Lipinski definition) is 6. The van der Waals surface area contributed by atoms with Gasteiger partial charge in [0.05, 0.1) is 9.82 Å². The van der Waals surface area contributed by atoms with Crippen molar-refractivity contribution in [1.29, 1.82) is 0 Å². The van der Waals surface area contributed by atoms with E-state index in [9.17, 15) is 23.3 Å². The van der Waals surface area contributed by atoms with Crippen molar-refractivity contribution in [1.82, 2.24) is 19.5 Å². The Morgan fingerprint density at radius 2 is 2.16 bits per heavy atom. The minimum absolute atomic E-state index is 0.0503. The lowest BCUT2D eigenvalue weighted by molar-refractivity contribution is -0.385. The van der Waals surface area contributed by atoms with Crippen LogP contribution in [0, 0.1) is 17.0 Å². The first-order valence-electron chi connectivity index (χ1n) is 7.69. The fraction of sp³-hybridized carbons (Fsp3) is 0.429. The smallest absolute Gasteiger partial charge is 0.293 e. The molecule has 1 fully saturated rings. The van der Waals surface area contributed by atoms with E-state index >= 15 is 0 Å². The Kier molecular flexibility index (Phi) is 4.43. The van der Waals surface area contributed by atoms with Crippen LogP contribution in [-0.4, -0.2) is 45.9 Å². The van der Waals surface area contributed by atoms with Crippen LogP contribution in [-0.2, 0) is 10.0 Å². The largest absolute Gasteiger partial charge is 0.340 e. The van der Waals surface area contributed by atoms with Crippen LogP contribution in [0.1, 0.15) is 30.1 Å². The molecule has 1 aliphatic rings. The first-order valence-corrected chi connectivity index (χ1v) is 9.13. The zero-order valence-electron chi connectivity index (χ0n) is 13.4. The Bertz CT molecular complexity index is 964. The van der Waals surface area contributed by atoms with E-state index in [1.165, 1.54) is 29.4 Å². The topological polar surface area (TPSA) is 142 Å². The summed E-state index contributed by atoms with van der Waals surface area (Å²) >= 11 is 0. The van der Waals surface area contributed by atoms with Crippen molar-refractivity contribution < 1.29 is 13.3 Å². The monoisotopic (exact) mass is 367 g/mol. The molecule has 0 aliphatic carbocycles. The van der Waals surface area contributed by atoms with Gasteiger partial charge in [-0.2, -0.15) is 9.40 Å². The van der Waals surface area contributed by atoms with Crippen molar-refractivity contribution in [3.8, 4) is 0 Å². The van der Waals surface area contributed by atoms with Crippen LogP contribution in [0.5, 0.6) is 0 Å². The van der Waals surface area contributed by atoms with Crippen LogP contribution < -0.4 is 5.69 Å². The summed E-state index contributed by atoms with van der Waals surface area (Å²) in [5.74, 6) is 0.228. The molecule has 1 atom stereocenters. The van der Waals surface area contributed by atoms with Gasteiger partial charge in [0.25, 0.3) is 5.69 Å². The quantitative estimate of drug-likeness (QED) is 0.607. The molecule has 2 aromatic rings. The Morgan fingerprint density at radius 3 is 2.76 bits per heavy atom. The summed E-state index contributed by atoms with van der Waals surface area (Å²) in [6.45, 7) is 2.08. The lowest BCUT2D eigenvalue weighted by atomic mass is 9.99. The Balaban J connectivity index is 1.89. The summed E-state index contributed by atoms with van der Waals surface area (Å²) < 4.78 is 27.2. The zero-order chi connectivity index (χ0) is 18.2. The number of nitro benzene ring substituents is 1. The number of aryl methyl sites for hydroxylation is 1. The second kappa shape index (κ2) is 6.41. The number of nitrogens with zero attached hydrogens (tertiary/aromatic N) is 3. The standard InChI is InChI=1S/C14H17N5O5S/c1-9-7-11(19(21)22)4-5-12(9)25(23,24)18-6-2-3-10(8-18)13-15-14(20)17-16-13/h4-5,7,10H,2-3,6,8H2,1H3,(H2,15,16,17,20)/t10-/m0/s1. The maximum absolute atomic E-state index is 12.9. The molecule has 11 heteroatoms. The third-order valence-electron chi connectivity index (χ3n) is 4.28. The van der Waals surface area contributed by atoms with E-state index in [0.29, 0.717) is 30.8 Å². The fourth-order valence-electron chi connectivity index (χ4n) is 3.04. The SMILES string of the molecule is Cc1cc([N+](=O)[O-])ccc1S(=O)(=O)N1CCC[C@H](c2n[nH]c(=O)[nH]2)C1. The Morgan fingerprint density at radius 1 is 1.40 bits per heavy atom. The predicted octanol–water partition coefficient (Wildman–Crippen LogP) is 0.883. The van der Waals surface area contributed by atoms with E-state index in [2.05, 4.69) is 15.2 Å². The lowest BCUT2D eigenvalue weighted by Crippen LogP contribution is -2.39. The number of H-pyrrole nitrogens is 2. The van der Waals surface area contributed by atoms with Crippen molar-refractivity contribution in [3.05, 3.63) is 50.2 Å². The van der Waals surface area contributed by atoms with Gasteiger partial charge in [0.15, 0.2) is 0 Å². The first-order chi connectivity index (χ1) is 11.8. The van der Waals surface area contributed by atoms with Gasteiger partial charge in [-0.25, -0.2) is 18.3 Å². The summed E-state index contributed by atoms with van der Waals surface area (Å²) in [5, 5.41) is 17.0. The molecule has 2 N–H and O–H groups in total. The number of rotatable bonds is 4. The summed E-state index contributed by atoms with van der Waals surface area (Å²) in [6, 6.07) is 3.70. The second-order valence-electron chi connectivity index (χ2n) is 5.97. The lowest BCUT2D eigenvalue weighted by Gasteiger charge is -2.31. The molecule has 0 spiro atoms. The number of aromatic amines is 2. The molecular weight excluding hydrogens is 350 g/mol. The van der Waals surface area contributed by atoms with Gasteiger partial charge < -0.3 is 0 Å². The van der Waals surface area contributed by atoms with E-state index in [0.717, 1.165) is 0 Å². The maximum atomic E-state index is 12.9. The summed E-state index contributed by atoms with van der Waals surface area (Å²) in [4.78, 5) is 24.1. The van der Waals surface area contributed by atoms with Crippen molar-refractivity contribution >= 4 is 15.7 Å². The van der Waals surface area contributed by atoms with Crippen LogP contribution in [0.2, 0.25) is 0 Å². The molecule has 1 aliphatic heterocycles. The van der Waals surface area contributed by atoms with Gasteiger partial charge in [0, 0.05) is 31.1 Å². The number of non-ortho nitro benzene ring substituents is 1. The number of sulfonamides is 1. The number of piperidine rings is 1. The van der Waals surface area contributed by atoms with Crippen molar-refractivity contribution in [3.63, 3.8) is 0 Å². The summed E-state index contributed by atoms with van der Waals surface area (Å²) in [5.41, 5.74) is -0.257. The minimum Gasteiger partial charge on any atom is -0.293 e. The van der Waals surface area contributed by atoms with Crippen LogP contribution in [0.3, 0.4) is 0 Å². The third-order valence-corrected chi connectivity index (χ3v) is 6.30. The van der Waals surface area contributed by atoms with Crippen LogP contribution in [0.15, 0.2) is 27.9 Å². The molecule has 1 aromatic heterocycles. The molecule has 25 heavy (non-hydrogen) atoms. The van der Waals surface area contributed by atoms with E-state index in [1.54, 1.807) is 0 Å². The molecule has 0 bridgehead atoms. The van der Waals surface area contributed by atoms with Crippen molar-refractivity contribution in [2.75, 3.05) is 13.1 Å². The molecule has 10 nitrogen and oxygen atoms in total. The molecule has 0 amide bonds. The normalized spacial score (nSPS) is 19.0. The van der Waals surface area contributed by atoms with Crippen molar-refractivity contribution in [2.45, 2.75) is 30.6 Å². The van der Waals surface area contributed by atoms with Crippen LogP contribution in [0.25, 0.3) is 0 Å². The molecule has 2 heterocycles. The fourth-order valence-corrected chi connectivity index (χ4v) is 4.77.